The molecule has 0 saturated carbocycles. The molecule has 1 aromatic heterocycles. The summed E-state index contributed by atoms with van der Waals surface area (Å²) in [6, 6.07) is 0.571. The van der Waals surface area contributed by atoms with Gasteiger partial charge in [-0.2, -0.15) is 0 Å². The Morgan fingerprint density at radius 1 is 1.28 bits per heavy atom. The molecule has 0 aliphatic carbocycles. The van der Waals surface area contributed by atoms with Crippen LogP contribution in [0.4, 0.5) is 0 Å². The summed E-state index contributed by atoms with van der Waals surface area (Å²) < 4.78 is 0. The van der Waals surface area contributed by atoms with Crippen LogP contribution in [0.2, 0.25) is 0 Å². The average molecular weight is 268 g/mol. The predicted molar refractivity (Wildman–Crippen MR) is 81.4 cm³/mol. The van der Waals surface area contributed by atoms with Crippen molar-refractivity contribution in [3.63, 3.8) is 0 Å². The third-order valence-corrected chi connectivity index (χ3v) is 4.54. The van der Waals surface area contributed by atoms with E-state index in [1.165, 1.54) is 28.4 Å². The minimum Gasteiger partial charge on any atom is -0.313 e. The Kier molecular flexibility index (Phi) is 5.80. The molecule has 0 aliphatic rings. The Labute approximate surface area is 116 Å². The van der Waals surface area contributed by atoms with E-state index in [-0.39, 0.29) is 0 Å². The fourth-order valence-electron chi connectivity index (χ4n) is 2.07. The molecule has 18 heavy (non-hydrogen) atoms. The number of nitrogens with zero attached hydrogens (tertiary/aromatic N) is 1. The predicted octanol–water partition coefficient (Wildman–Crippen LogP) is 4.11. The first-order valence-electron chi connectivity index (χ1n) is 7.01. The Bertz CT molecular complexity index is 344. The second-order valence-corrected chi connectivity index (χ2v) is 7.45. The van der Waals surface area contributed by atoms with Gasteiger partial charge >= 0.3 is 0 Å². The summed E-state index contributed by atoms with van der Waals surface area (Å²) >= 11 is 1.85. The molecule has 1 atom stereocenters. The lowest BCUT2D eigenvalue weighted by atomic mass is 9.84. The van der Waals surface area contributed by atoms with Gasteiger partial charge < -0.3 is 5.32 Å². The van der Waals surface area contributed by atoms with Gasteiger partial charge in [-0.25, -0.2) is 4.98 Å². The van der Waals surface area contributed by atoms with Gasteiger partial charge in [-0.15, -0.1) is 11.3 Å². The van der Waals surface area contributed by atoms with Gasteiger partial charge in [0.2, 0.25) is 0 Å². The van der Waals surface area contributed by atoms with Crippen LogP contribution in [-0.4, -0.2) is 17.6 Å². The second-order valence-electron chi connectivity index (χ2n) is 6.16. The molecule has 0 bridgehead atoms. The van der Waals surface area contributed by atoms with Crippen molar-refractivity contribution in [2.45, 2.75) is 66.8 Å². The third-order valence-electron chi connectivity index (χ3n) is 3.41. The van der Waals surface area contributed by atoms with Crippen molar-refractivity contribution in [3.8, 4) is 0 Å². The van der Waals surface area contributed by atoms with Crippen LogP contribution in [0.5, 0.6) is 0 Å². The van der Waals surface area contributed by atoms with E-state index in [0.29, 0.717) is 11.5 Å². The van der Waals surface area contributed by atoms with Crippen LogP contribution in [0, 0.1) is 19.3 Å². The summed E-state index contributed by atoms with van der Waals surface area (Å²) in [4.78, 5) is 6.00. The molecule has 1 aromatic rings. The summed E-state index contributed by atoms with van der Waals surface area (Å²) in [7, 11) is 0. The molecule has 0 aliphatic heterocycles. The lowest BCUT2D eigenvalue weighted by Crippen LogP contribution is -2.41. The number of aryl methyl sites for hydroxylation is 3. The minimum atomic E-state index is 0.316. The van der Waals surface area contributed by atoms with Crippen molar-refractivity contribution in [1.29, 1.82) is 0 Å². The molecule has 0 fully saturated rings. The monoisotopic (exact) mass is 268 g/mol. The van der Waals surface area contributed by atoms with Gasteiger partial charge in [0.15, 0.2) is 0 Å². The minimum absolute atomic E-state index is 0.316. The largest absolute Gasteiger partial charge is 0.313 e. The molecule has 1 N–H and O–H groups in total. The summed E-state index contributed by atoms with van der Waals surface area (Å²) in [6.45, 7) is 14.5. The van der Waals surface area contributed by atoms with Crippen molar-refractivity contribution in [2.75, 3.05) is 6.54 Å². The zero-order valence-electron chi connectivity index (χ0n) is 12.8. The average Bonchev–Trinajstić information content (AvgIpc) is 2.56. The summed E-state index contributed by atoms with van der Waals surface area (Å²) in [5.74, 6) is 0. The van der Waals surface area contributed by atoms with E-state index in [0.717, 1.165) is 13.0 Å². The van der Waals surface area contributed by atoms with E-state index in [2.05, 4.69) is 51.8 Å². The van der Waals surface area contributed by atoms with Crippen LogP contribution < -0.4 is 5.32 Å². The molecule has 2 nitrogen and oxygen atoms in total. The van der Waals surface area contributed by atoms with Crippen molar-refractivity contribution < 1.29 is 0 Å². The molecule has 0 radical (unpaired) electrons. The first-order valence-corrected chi connectivity index (χ1v) is 7.82. The highest BCUT2D eigenvalue weighted by molar-refractivity contribution is 7.11. The van der Waals surface area contributed by atoms with Gasteiger partial charge in [-0.05, 0) is 38.6 Å². The van der Waals surface area contributed by atoms with Crippen LogP contribution in [0.1, 0.15) is 56.1 Å². The van der Waals surface area contributed by atoms with Gasteiger partial charge in [0.1, 0.15) is 0 Å². The molecule has 3 heteroatoms. The summed E-state index contributed by atoms with van der Waals surface area (Å²) in [5, 5.41) is 4.97. The zero-order valence-corrected chi connectivity index (χ0v) is 13.6. The number of thiazole rings is 1. The zero-order chi connectivity index (χ0) is 13.8. The Hall–Kier alpha value is -0.410. The summed E-state index contributed by atoms with van der Waals surface area (Å²) in [6.07, 6.45) is 3.47. The maximum atomic E-state index is 4.64. The Morgan fingerprint density at radius 3 is 2.39 bits per heavy atom. The van der Waals surface area contributed by atoms with Crippen LogP contribution in [0.25, 0.3) is 0 Å². The molecule has 1 heterocycles. The van der Waals surface area contributed by atoms with Crippen LogP contribution in [0.3, 0.4) is 0 Å². The maximum absolute atomic E-state index is 4.64. The van der Waals surface area contributed by atoms with Crippen molar-refractivity contribution in [2.24, 2.45) is 5.41 Å². The first kappa shape index (κ1) is 15.6. The molecule has 0 aromatic carbocycles. The fourth-order valence-corrected chi connectivity index (χ4v) is 3.02. The smallest absolute Gasteiger partial charge is 0.0931 e. The van der Waals surface area contributed by atoms with E-state index in [4.69, 9.17) is 0 Å². The Balaban J connectivity index is 2.56. The normalized spacial score (nSPS) is 13.9. The highest BCUT2D eigenvalue weighted by atomic mass is 32.1. The molecular formula is C15H28N2S. The molecule has 1 rings (SSSR count). The van der Waals surface area contributed by atoms with E-state index in [1.807, 2.05) is 11.3 Å². The first-order chi connectivity index (χ1) is 8.34. The van der Waals surface area contributed by atoms with Crippen LogP contribution >= 0.6 is 11.3 Å². The van der Waals surface area contributed by atoms with Crippen molar-refractivity contribution >= 4 is 11.3 Å². The lowest BCUT2D eigenvalue weighted by molar-refractivity contribution is 0.255. The summed E-state index contributed by atoms with van der Waals surface area (Å²) in [5.41, 5.74) is 1.51. The van der Waals surface area contributed by atoms with Crippen molar-refractivity contribution in [3.05, 3.63) is 15.6 Å². The second kappa shape index (κ2) is 6.67. The molecule has 104 valence electrons. The lowest BCUT2D eigenvalue weighted by Gasteiger charge is -2.31. The van der Waals surface area contributed by atoms with Crippen molar-refractivity contribution in [1.82, 2.24) is 10.3 Å². The fraction of sp³-hybridized carbons (Fsp3) is 0.800. The van der Waals surface area contributed by atoms with E-state index < -0.39 is 0 Å². The number of nitrogens with one attached hydrogen (secondary N) is 1. The van der Waals surface area contributed by atoms with Crippen LogP contribution in [0.15, 0.2) is 0 Å². The standard InChI is InChI=1S/C15H28N2S/c1-7-10-16-13(15(4,5)6)8-9-14-17-11(2)12(3)18-14/h13,16H,7-10H2,1-6H3. The molecule has 0 amide bonds. The van der Waals surface area contributed by atoms with Gasteiger partial charge in [0, 0.05) is 17.3 Å². The molecule has 1 unspecified atom stereocenters. The van der Waals surface area contributed by atoms with Gasteiger partial charge in [0.25, 0.3) is 0 Å². The molecular weight excluding hydrogens is 240 g/mol. The highest BCUT2D eigenvalue weighted by Crippen LogP contribution is 2.25. The third kappa shape index (κ3) is 4.69. The molecule has 0 spiro atoms. The molecule has 0 saturated heterocycles. The Morgan fingerprint density at radius 2 is 1.94 bits per heavy atom. The van der Waals surface area contributed by atoms with Gasteiger partial charge in [-0.1, -0.05) is 27.7 Å². The highest BCUT2D eigenvalue weighted by Gasteiger charge is 2.23. The van der Waals surface area contributed by atoms with Crippen LogP contribution in [-0.2, 0) is 6.42 Å². The quantitative estimate of drug-likeness (QED) is 0.840. The van der Waals surface area contributed by atoms with E-state index in [1.54, 1.807) is 0 Å². The van der Waals surface area contributed by atoms with Gasteiger partial charge in [0.05, 0.1) is 10.7 Å². The topological polar surface area (TPSA) is 24.9 Å². The number of hydrogen-bond acceptors (Lipinski definition) is 3. The number of hydrogen-bond donors (Lipinski definition) is 1. The van der Waals surface area contributed by atoms with E-state index in [9.17, 15) is 0 Å². The SMILES string of the molecule is CCCNC(CCc1nc(C)c(C)s1)C(C)(C)C. The van der Waals surface area contributed by atoms with Gasteiger partial charge in [-0.3, -0.25) is 0 Å². The number of rotatable bonds is 6. The maximum Gasteiger partial charge on any atom is 0.0931 e. The number of aromatic nitrogens is 1. The van der Waals surface area contributed by atoms with E-state index >= 15 is 0 Å².